The van der Waals surface area contributed by atoms with Crippen LogP contribution in [0.5, 0.6) is 0 Å². The molecule has 35 heavy (non-hydrogen) atoms. The summed E-state index contributed by atoms with van der Waals surface area (Å²) in [7, 11) is 1.52. The standard InChI is InChI=1S/C26H26N6O3/c1-3-32-25(27)20(14-22(33)28-2)24(35)19-10-11-21(31-26(19)32)17-8-6-16(7-9-17)13-23(34)30-18-5-4-12-29-15-18/h4-12,15H,3,13-14,27H2,1-2H3,(H,28,33)(H,30,34). The van der Waals surface area contributed by atoms with Crippen LogP contribution in [0.25, 0.3) is 22.3 Å². The van der Waals surface area contributed by atoms with Gasteiger partial charge < -0.3 is 20.9 Å². The molecule has 0 unspecified atom stereocenters. The van der Waals surface area contributed by atoms with Crippen molar-refractivity contribution in [3.05, 3.63) is 82.3 Å². The average molecular weight is 471 g/mol. The van der Waals surface area contributed by atoms with E-state index >= 15 is 0 Å². The van der Waals surface area contributed by atoms with Gasteiger partial charge in [0.25, 0.3) is 0 Å². The molecule has 0 aliphatic heterocycles. The number of pyridine rings is 3. The summed E-state index contributed by atoms with van der Waals surface area (Å²) in [5, 5.41) is 5.75. The van der Waals surface area contributed by atoms with Crippen LogP contribution in [0.2, 0.25) is 0 Å². The monoisotopic (exact) mass is 470 g/mol. The highest BCUT2D eigenvalue weighted by Gasteiger charge is 2.18. The fourth-order valence-corrected chi connectivity index (χ4v) is 3.91. The summed E-state index contributed by atoms with van der Waals surface area (Å²) >= 11 is 0. The number of nitrogens with one attached hydrogen (secondary N) is 2. The second-order valence-corrected chi connectivity index (χ2v) is 8.02. The predicted octanol–water partition coefficient (Wildman–Crippen LogP) is 2.53. The first-order valence-corrected chi connectivity index (χ1v) is 11.2. The Bertz CT molecular complexity index is 1450. The summed E-state index contributed by atoms with van der Waals surface area (Å²) in [5.74, 6) is -0.174. The molecule has 2 amide bonds. The zero-order valence-electron chi connectivity index (χ0n) is 19.5. The van der Waals surface area contributed by atoms with Crippen LogP contribution in [-0.4, -0.2) is 33.4 Å². The van der Waals surface area contributed by atoms with Crippen LogP contribution in [0.3, 0.4) is 0 Å². The summed E-state index contributed by atoms with van der Waals surface area (Å²) in [5.41, 5.74) is 9.72. The van der Waals surface area contributed by atoms with Gasteiger partial charge in [0, 0.05) is 30.9 Å². The molecule has 9 heteroatoms. The number of rotatable bonds is 7. The second kappa shape index (κ2) is 10.2. The number of nitrogen functional groups attached to an aromatic ring is 1. The van der Waals surface area contributed by atoms with Crippen molar-refractivity contribution in [2.75, 3.05) is 18.1 Å². The van der Waals surface area contributed by atoms with Gasteiger partial charge in [-0.2, -0.15) is 0 Å². The van der Waals surface area contributed by atoms with E-state index in [1.165, 1.54) is 7.05 Å². The SMILES string of the molecule is CCn1c(N)c(CC(=O)NC)c(=O)c2ccc(-c3ccc(CC(=O)Nc4cccnc4)cc3)nc21. The lowest BCUT2D eigenvalue weighted by molar-refractivity contribution is -0.120. The van der Waals surface area contributed by atoms with E-state index < -0.39 is 0 Å². The first-order chi connectivity index (χ1) is 16.9. The Morgan fingerprint density at radius 2 is 1.80 bits per heavy atom. The molecule has 0 bridgehead atoms. The number of nitrogens with zero attached hydrogens (tertiary/aromatic N) is 3. The molecule has 0 atom stereocenters. The molecule has 0 saturated carbocycles. The number of carbonyl (C=O) groups excluding carboxylic acids is 2. The number of amides is 2. The molecule has 0 spiro atoms. The van der Waals surface area contributed by atoms with Crippen LogP contribution in [-0.2, 0) is 29.0 Å². The molecule has 3 aromatic heterocycles. The van der Waals surface area contributed by atoms with E-state index in [2.05, 4.69) is 15.6 Å². The van der Waals surface area contributed by atoms with Gasteiger partial charge in [-0.15, -0.1) is 0 Å². The van der Waals surface area contributed by atoms with Crippen LogP contribution < -0.4 is 21.8 Å². The third-order valence-electron chi connectivity index (χ3n) is 5.74. The minimum atomic E-state index is -0.292. The molecule has 3 heterocycles. The average Bonchev–Trinajstić information content (AvgIpc) is 2.87. The Balaban J connectivity index is 1.61. The van der Waals surface area contributed by atoms with Crippen molar-refractivity contribution in [2.24, 2.45) is 0 Å². The number of nitrogens with two attached hydrogens (primary N) is 1. The fraction of sp³-hybridized carbons (Fsp3) is 0.192. The summed E-state index contributed by atoms with van der Waals surface area (Å²) < 4.78 is 1.75. The normalized spacial score (nSPS) is 10.8. The molecule has 4 aromatic rings. The Labute approximate surface area is 202 Å². The lowest BCUT2D eigenvalue weighted by atomic mass is 10.0. The molecular weight excluding hydrogens is 444 g/mol. The van der Waals surface area contributed by atoms with Gasteiger partial charge in [-0.1, -0.05) is 24.3 Å². The number of aryl methyl sites for hydroxylation is 1. The third kappa shape index (κ3) is 5.03. The number of anilines is 2. The van der Waals surface area contributed by atoms with Crippen molar-refractivity contribution in [1.29, 1.82) is 0 Å². The van der Waals surface area contributed by atoms with E-state index in [1.807, 2.05) is 31.2 Å². The molecule has 4 rings (SSSR count). The molecule has 4 N–H and O–H groups in total. The Kier molecular flexibility index (Phi) is 6.86. The van der Waals surface area contributed by atoms with Crippen molar-refractivity contribution < 1.29 is 9.59 Å². The zero-order valence-corrected chi connectivity index (χ0v) is 19.5. The molecule has 9 nitrogen and oxygen atoms in total. The van der Waals surface area contributed by atoms with Crippen LogP contribution in [0.15, 0.2) is 65.7 Å². The van der Waals surface area contributed by atoms with Crippen LogP contribution in [0.1, 0.15) is 18.1 Å². The second-order valence-electron chi connectivity index (χ2n) is 8.02. The van der Waals surface area contributed by atoms with E-state index in [4.69, 9.17) is 10.7 Å². The molecular formula is C26H26N6O3. The molecule has 0 aliphatic rings. The van der Waals surface area contributed by atoms with Gasteiger partial charge in [-0.3, -0.25) is 19.4 Å². The molecule has 1 aromatic carbocycles. The minimum absolute atomic E-state index is 0.0886. The van der Waals surface area contributed by atoms with Crippen molar-refractivity contribution in [3.8, 4) is 11.3 Å². The van der Waals surface area contributed by atoms with E-state index in [1.54, 1.807) is 41.2 Å². The number of likely N-dealkylation sites (N-methyl/N-ethyl adjacent to an activating group) is 1. The summed E-state index contributed by atoms with van der Waals surface area (Å²) in [6.45, 7) is 2.40. The number of aromatic nitrogens is 3. The highest BCUT2D eigenvalue weighted by Crippen LogP contribution is 2.23. The Morgan fingerprint density at radius 1 is 1.03 bits per heavy atom. The first kappa shape index (κ1) is 23.6. The Hall–Kier alpha value is -4.53. The van der Waals surface area contributed by atoms with Crippen molar-refractivity contribution >= 4 is 34.4 Å². The van der Waals surface area contributed by atoms with Gasteiger partial charge in [0.1, 0.15) is 11.5 Å². The van der Waals surface area contributed by atoms with Crippen molar-refractivity contribution in [1.82, 2.24) is 19.9 Å². The predicted molar refractivity (Wildman–Crippen MR) is 136 cm³/mol. The summed E-state index contributed by atoms with van der Waals surface area (Å²) in [6, 6.07) is 14.5. The highest BCUT2D eigenvalue weighted by atomic mass is 16.2. The fourth-order valence-electron chi connectivity index (χ4n) is 3.91. The lowest BCUT2D eigenvalue weighted by Gasteiger charge is -2.16. The molecule has 0 radical (unpaired) electrons. The minimum Gasteiger partial charge on any atom is -0.385 e. The maximum Gasteiger partial charge on any atom is 0.228 e. The molecule has 0 saturated heterocycles. The van der Waals surface area contributed by atoms with E-state index in [0.29, 0.717) is 29.0 Å². The van der Waals surface area contributed by atoms with E-state index in [-0.39, 0.29) is 41.5 Å². The highest BCUT2D eigenvalue weighted by molar-refractivity contribution is 5.92. The lowest BCUT2D eigenvalue weighted by Crippen LogP contribution is -2.27. The van der Waals surface area contributed by atoms with Gasteiger partial charge in [-0.05, 0) is 36.8 Å². The zero-order chi connectivity index (χ0) is 24.9. The molecule has 0 aliphatic carbocycles. The van der Waals surface area contributed by atoms with Crippen LogP contribution >= 0.6 is 0 Å². The maximum atomic E-state index is 13.0. The van der Waals surface area contributed by atoms with Gasteiger partial charge in [0.05, 0.1) is 35.8 Å². The Morgan fingerprint density at radius 3 is 2.46 bits per heavy atom. The first-order valence-electron chi connectivity index (χ1n) is 11.2. The number of benzene rings is 1. The number of fused-ring (bicyclic) bond motifs is 1. The third-order valence-corrected chi connectivity index (χ3v) is 5.74. The van der Waals surface area contributed by atoms with E-state index in [0.717, 1.165) is 11.1 Å². The quantitative estimate of drug-likeness (QED) is 0.380. The summed E-state index contributed by atoms with van der Waals surface area (Å²) in [4.78, 5) is 45.9. The van der Waals surface area contributed by atoms with Gasteiger partial charge in [0.15, 0.2) is 5.43 Å². The van der Waals surface area contributed by atoms with Crippen LogP contribution in [0.4, 0.5) is 11.5 Å². The van der Waals surface area contributed by atoms with Crippen LogP contribution in [0, 0.1) is 0 Å². The maximum absolute atomic E-state index is 13.0. The smallest absolute Gasteiger partial charge is 0.228 e. The largest absolute Gasteiger partial charge is 0.385 e. The van der Waals surface area contributed by atoms with Crippen molar-refractivity contribution in [3.63, 3.8) is 0 Å². The van der Waals surface area contributed by atoms with E-state index in [9.17, 15) is 14.4 Å². The molecule has 178 valence electrons. The van der Waals surface area contributed by atoms with Gasteiger partial charge in [0.2, 0.25) is 11.8 Å². The topological polar surface area (TPSA) is 132 Å². The summed E-state index contributed by atoms with van der Waals surface area (Å²) in [6.07, 6.45) is 3.37. The van der Waals surface area contributed by atoms with Gasteiger partial charge in [-0.25, -0.2) is 4.98 Å². The van der Waals surface area contributed by atoms with Gasteiger partial charge >= 0.3 is 0 Å². The molecule has 0 fully saturated rings. The number of hydrogen-bond acceptors (Lipinski definition) is 6. The number of carbonyl (C=O) groups is 2. The number of hydrogen-bond donors (Lipinski definition) is 3. The van der Waals surface area contributed by atoms with Crippen molar-refractivity contribution in [2.45, 2.75) is 26.3 Å².